The van der Waals surface area contributed by atoms with Crippen LogP contribution >= 0.6 is 11.6 Å². The van der Waals surface area contributed by atoms with E-state index in [1.165, 1.54) is 6.07 Å². The summed E-state index contributed by atoms with van der Waals surface area (Å²) >= 11 is 5.68. The van der Waals surface area contributed by atoms with Gasteiger partial charge in [0.05, 0.1) is 5.60 Å². The molecule has 0 spiro atoms. The van der Waals surface area contributed by atoms with Gasteiger partial charge in [0, 0.05) is 23.7 Å². The second-order valence-electron chi connectivity index (χ2n) is 4.44. The summed E-state index contributed by atoms with van der Waals surface area (Å²) in [5.41, 5.74) is 6.04. The molecule has 0 amide bonds. The number of halogens is 2. The number of nitrogens with two attached hydrogens (primary N) is 1. The van der Waals surface area contributed by atoms with Crippen molar-refractivity contribution in [3.05, 3.63) is 34.6 Å². The first kappa shape index (κ1) is 13.4. The number of methoxy groups -OCH3 is 1. The van der Waals surface area contributed by atoms with E-state index in [1.54, 1.807) is 19.2 Å². The molecule has 0 aliphatic heterocycles. The maximum atomic E-state index is 13.6. The lowest BCUT2D eigenvalue weighted by molar-refractivity contribution is 0.00974. The highest BCUT2D eigenvalue weighted by atomic mass is 35.5. The van der Waals surface area contributed by atoms with E-state index in [4.69, 9.17) is 22.1 Å². The molecule has 1 rings (SSSR count). The lowest BCUT2D eigenvalue weighted by atomic mass is 9.94. The quantitative estimate of drug-likeness (QED) is 0.884. The Morgan fingerprint density at radius 1 is 1.50 bits per heavy atom. The third-order valence-corrected chi connectivity index (χ3v) is 2.86. The number of benzene rings is 1. The lowest BCUT2D eigenvalue weighted by Gasteiger charge is -2.26. The van der Waals surface area contributed by atoms with Gasteiger partial charge in [-0.25, -0.2) is 4.39 Å². The van der Waals surface area contributed by atoms with Crippen molar-refractivity contribution < 1.29 is 9.13 Å². The van der Waals surface area contributed by atoms with Gasteiger partial charge in [-0.15, -0.1) is 0 Å². The molecular formula is C12H17ClFNO. The van der Waals surface area contributed by atoms with Gasteiger partial charge in [-0.1, -0.05) is 17.7 Å². The van der Waals surface area contributed by atoms with Crippen molar-refractivity contribution in [1.82, 2.24) is 0 Å². The predicted molar refractivity (Wildman–Crippen MR) is 64.0 cm³/mol. The van der Waals surface area contributed by atoms with E-state index in [0.29, 0.717) is 17.0 Å². The highest BCUT2D eigenvalue weighted by molar-refractivity contribution is 6.30. The van der Waals surface area contributed by atoms with Crippen molar-refractivity contribution in [2.75, 3.05) is 7.11 Å². The molecule has 2 N–H and O–H groups in total. The maximum Gasteiger partial charge on any atom is 0.129 e. The van der Waals surface area contributed by atoms with E-state index in [2.05, 4.69) is 0 Å². The van der Waals surface area contributed by atoms with Gasteiger partial charge in [0.2, 0.25) is 0 Å². The Labute approximate surface area is 101 Å². The van der Waals surface area contributed by atoms with Crippen LogP contribution in [0.5, 0.6) is 0 Å². The van der Waals surface area contributed by atoms with Crippen molar-refractivity contribution in [3.63, 3.8) is 0 Å². The Balaban J connectivity index is 2.84. The highest BCUT2D eigenvalue weighted by Crippen LogP contribution is 2.27. The van der Waals surface area contributed by atoms with Crippen LogP contribution in [0.3, 0.4) is 0 Å². The molecule has 1 atom stereocenters. The molecule has 0 fully saturated rings. The summed E-state index contributed by atoms with van der Waals surface area (Å²) in [7, 11) is 1.62. The van der Waals surface area contributed by atoms with Crippen LogP contribution in [0.2, 0.25) is 5.02 Å². The largest absolute Gasteiger partial charge is 0.379 e. The minimum atomic E-state index is -0.396. The molecule has 0 heterocycles. The van der Waals surface area contributed by atoms with Gasteiger partial charge in [0.25, 0.3) is 0 Å². The molecule has 0 saturated heterocycles. The first-order valence-corrected chi connectivity index (χ1v) is 5.49. The van der Waals surface area contributed by atoms with Gasteiger partial charge < -0.3 is 10.5 Å². The number of rotatable bonds is 4. The van der Waals surface area contributed by atoms with Gasteiger partial charge in [-0.2, -0.15) is 0 Å². The molecule has 2 nitrogen and oxygen atoms in total. The van der Waals surface area contributed by atoms with Crippen LogP contribution in [-0.2, 0) is 4.74 Å². The number of hydrogen-bond donors (Lipinski definition) is 1. The summed E-state index contributed by atoms with van der Waals surface area (Å²) in [5, 5.41) is 0.374. The van der Waals surface area contributed by atoms with Crippen LogP contribution in [0.4, 0.5) is 4.39 Å². The van der Waals surface area contributed by atoms with E-state index in [1.807, 2.05) is 13.8 Å². The summed E-state index contributed by atoms with van der Waals surface area (Å²) < 4.78 is 18.8. The van der Waals surface area contributed by atoms with Crippen LogP contribution in [0.15, 0.2) is 18.2 Å². The van der Waals surface area contributed by atoms with Gasteiger partial charge >= 0.3 is 0 Å². The monoisotopic (exact) mass is 245 g/mol. The normalized spacial score (nSPS) is 13.9. The van der Waals surface area contributed by atoms with Crippen molar-refractivity contribution in [2.24, 2.45) is 5.73 Å². The van der Waals surface area contributed by atoms with Crippen LogP contribution in [0.1, 0.15) is 31.9 Å². The first-order chi connectivity index (χ1) is 7.35. The van der Waals surface area contributed by atoms with Crippen LogP contribution in [0.25, 0.3) is 0 Å². The van der Waals surface area contributed by atoms with Crippen molar-refractivity contribution in [2.45, 2.75) is 31.9 Å². The minimum absolute atomic E-state index is 0.369. The molecule has 1 aromatic carbocycles. The summed E-state index contributed by atoms with van der Waals surface area (Å²) in [6, 6.07) is 4.14. The zero-order chi connectivity index (χ0) is 12.3. The van der Waals surface area contributed by atoms with E-state index < -0.39 is 6.04 Å². The van der Waals surface area contributed by atoms with E-state index in [0.717, 1.165) is 0 Å². The summed E-state index contributed by atoms with van der Waals surface area (Å²) in [6.07, 6.45) is 0.544. The van der Waals surface area contributed by atoms with Gasteiger partial charge in [-0.3, -0.25) is 0 Å². The zero-order valence-electron chi connectivity index (χ0n) is 9.76. The fourth-order valence-electron chi connectivity index (χ4n) is 1.53. The molecule has 1 aromatic rings. The molecule has 0 radical (unpaired) electrons. The molecule has 0 aromatic heterocycles. The Morgan fingerprint density at radius 2 is 2.12 bits per heavy atom. The van der Waals surface area contributed by atoms with E-state index in [-0.39, 0.29) is 11.4 Å². The zero-order valence-corrected chi connectivity index (χ0v) is 10.5. The Morgan fingerprint density at radius 3 is 2.62 bits per heavy atom. The average Bonchev–Trinajstić information content (AvgIpc) is 2.16. The molecule has 0 aliphatic carbocycles. The summed E-state index contributed by atoms with van der Waals surface area (Å²) in [6.45, 7) is 3.83. The molecule has 1 unspecified atom stereocenters. The van der Waals surface area contributed by atoms with Gasteiger partial charge in [0.15, 0.2) is 0 Å². The number of ether oxygens (including phenoxy) is 1. The van der Waals surface area contributed by atoms with E-state index >= 15 is 0 Å². The molecule has 4 heteroatoms. The average molecular weight is 246 g/mol. The fraction of sp³-hybridized carbons (Fsp3) is 0.500. The molecule has 0 aliphatic rings. The second kappa shape index (κ2) is 5.13. The summed E-state index contributed by atoms with van der Waals surface area (Å²) in [5.74, 6) is -0.369. The topological polar surface area (TPSA) is 35.2 Å². The smallest absolute Gasteiger partial charge is 0.129 e. The van der Waals surface area contributed by atoms with E-state index in [9.17, 15) is 4.39 Å². The molecule has 90 valence electrons. The fourth-order valence-corrected chi connectivity index (χ4v) is 1.68. The SMILES string of the molecule is COC(C)(C)CC(N)c1ccc(Cl)cc1F. The highest BCUT2D eigenvalue weighted by Gasteiger charge is 2.23. The summed E-state index contributed by atoms with van der Waals surface area (Å²) in [4.78, 5) is 0. The van der Waals surface area contributed by atoms with Crippen LogP contribution in [0, 0.1) is 5.82 Å². The third kappa shape index (κ3) is 3.44. The number of hydrogen-bond acceptors (Lipinski definition) is 2. The minimum Gasteiger partial charge on any atom is -0.379 e. The third-order valence-electron chi connectivity index (χ3n) is 2.63. The Kier molecular flexibility index (Phi) is 4.30. The van der Waals surface area contributed by atoms with Crippen LogP contribution in [-0.4, -0.2) is 12.7 Å². The molecule has 0 saturated carbocycles. The predicted octanol–water partition coefficient (Wildman–Crippen LogP) is 3.29. The van der Waals surface area contributed by atoms with Gasteiger partial charge in [-0.05, 0) is 32.4 Å². The van der Waals surface area contributed by atoms with Crippen molar-refractivity contribution in [3.8, 4) is 0 Å². The Hall–Kier alpha value is -0.640. The van der Waals surface area contributed by atoms with Crippen LogP contribution < -0.4 is 5.73 Å². The molecular weight excluding hydrogens is 229 g/mol. The van der Waals surface area contributed by atoms with Gasteiger partial charge in [0.1, 0.15) is 5.82 Å². The lowest BCUT2D eigenvalue weighted by Crippen LogP contribution is -2.29. The second-order valence-corrected chi connectivity index (χ2v) is 4.88. The Bertz CT molecular complexity index is 368. The maximum absolute atomic E-state index is 13.6. The van der Waals surface area contributed by atoms with Crippen molar-refractivity contribution >= 4 is 11.6 Å². The standard InChI is InChI=1S/C12H17ClFNO/c1-12(2,16-3)7-11(15)9-5-4-8(13)6-10(9)14/h4-6,11H,7,15H2,1-3H3. The van der Waals surface area contributed by atoms with Crippen molar-refractivity contribution in [1.29, 1.82) is 0 Å². The molecule has 16 heavy (non-hydrogen) atoms. The first-order valence-electron chi connectivity index (χ1n) is 5.11. The molecule has 0 bridgehead atoms.